The van der Waals surface area contributed by atoms with Crippen LogP contribution in [0, 0.1) is 11.6 Å². The van der Waals surface area contributed by atoms with Crippen LogP contribution in [0.25, 0.3) is 22.2 Å². The van der Waals surface area contributed by atoms with E-state index in [0.29, 0.717) is 11.1 Å². The Morgan fingerprint density at radius 2 is 1.86 bits per heavy atom. The Labute approximate surface area is 131 Å². The van der Waals surface area contributed by atoms with E-state index in [-0.39, 0.29) is 6.29 Å². The van der Waals surface area contributed by atoms with E-state index >= 15 is 0 Å². The summed E-state index contributed by atoms with van der Waals surface area (Å²) in [5, 5.41) is 0. The Kier molecular flexibility index (Phi) is 3.75. The molecule has 1 heterocycles. The molecule has 0 saturated heterocycles. The third kappa shape index (κ3) is 2.46. The summed E-state index contributed by atoms with van der Waals surface area (Å²) in [5.74, 6) is -1.71. The number of carbonyl (C=O) groups excluding carboxylic acids is 1. The zero-order valence-corrected chi connectivity index (χ0v) is 15.4. The number of hydrogen-bond donors (Lipinski definition) is 0. The SMILES string of the molecule is [CH2]=[Tl][n]1cnc2ccc(-c3cc(F)c(C=O)c(F)c3)cc21. The van der Waals surface area contributed by atoms with Gasteiger partial charge in [0.05, 0.1) is 0 Å². The third-order valence-electron chi connectivity index (χ3n) is 3.30. The molecule has 1 aromatic heterocycles. The Balaban J connectivity index is 2.20. The summed E-state index contributed by atoms with van der Waals surface area (Å²) in [7, 11) is 0. The minimum atomic E-state index is -1.30. The molecule has 0 aliphatic carbocycles. The van der Waals surface area contributed by atoms with Crippen molar-refractivity contribution < 1.29 is 13.6 Å². The van der Waals surface area contributed by atoms with Crippen molar-refractivity contribution in [1.82, 2.24) is 7.36 Å². The van der Waals surface area contributed by atoms with Gasteiger partial charge in [-0.1, -0.05) is 0 Å². The van der Waals surface area contributed by atoms with Crippen molar-refractivity contribution >= 4 is 45.4 Å². The first-order valence-electron chi connectivity index (χ1n) is 6.18. The average molecular weight is 476 g/mol. The molecule has 0 N–H and O–H groups in total. The van der Waals surface area contributed by atoms with Gasteiger partial charge in [0.15, 0.2) is 0 Å². The molecule has 0 atom stereocenters. The van der Waals surface area contributed by atoms with Crippen molar-refractivity contribution in [3.8, 4) is 11.1 Å². The number of aromatic nitrogens is 2. The van der Waals surface area contributed by atoms with Gasteiger partial charge in [-0.05, 0) is 0 Å². The van der Waals surface area contributed by atoms with Crippen molar-refractivity contribution in [2.75, 3.05) is 0 Å². The first-order chi connectivity index (χ1) is 10.1. The number of rotatable bonds is 3. The molecule has 0 amide bonds. The fraction of sp³-hybridized carbons (Fsp3) is 0. The quantitative estimate of drug-likeness (QED) is 0.431. The molecule has 0 fully saturated rings. The molecule has 0 unspecified atom stereocenters. The van der Waals surface area contributed by atoms with Crippen LogP contribution in [0.5, 0.6) is 0 Å². The van der Waals surface area contributed by atoms with Gasteiger partial charge in [0.2, 0.25) is 0 Å². The Bertz CT molecular complexity index is 850. The molecule has 21 heavy (non-hydrogen) atoms. The van der Waals surface area contributed by atoms with Crippen molar-refractivity contribution in [3.05, 3.63) is 53.9 Å². The Morgan fingerprint density at radius 3 is 2.48 bits per heavy atom. The van der Waals surface area contributed by atoms with Crippen LogP contribution in [0.15, 0.2) is 36.7 Å². The summed E-state index contributed by atoms with van der Waals surface area (Å²) in [6.07, 6.45) is 1.94. The van der Waals surface area contributed by atoms with Crippen molar-refractivity contribution in [2.45, 2.75) is 0 Å². The van der Waals surface area contributed by atoms with Crippen LogP contribution >= 0.6 is 0 Å². The van der Waals surface area contributed by atoms with E-state index in [0.717, 1.165) is 11.0 Å². The van der Waals surface area contributed by atoms with Crippen molar-refractivity contribution in [2.24, 2.45) is 0 Å². The van der Waals surface area contributed by atoms with Crippen LogP contribution in [0.2, 0.25) is 0 Å². The number of carbonyl (C=O) groups is 1. The van der Waals surface area contributed by atoms with Gasteiger partial charge in [0.25, 0.3) is 0 Å². The predicted molar refractivity (Wildman–Crippen MR) is 78.7 cm³/mol. The minimum absolute atomic E-state index is 0.184. The molecule has 0 bridgehead atoms. The topological polar surface area (TPSA) is 34.9 Å². The van der Waals surface area contributed by atoms with E-state index in [1.54, 1.807) is 12.4 Å². The maximum absolute atomic E-state index is 13.7. The van der Waals surface area contributed by atoms with E-state index in [1.807, 2.05) is 14.5 Å². The summed E-state index contributed by atoms with van der Waals surface area (Å²) < 4.78 is 33.5. The van der Waals surface area contributed by atoms with E-state index in [2.05, 4.69) is 9.05 Å². The van der Waals surface area contributed by atoms with E-state index in [1.165, 1.54) is 12.1 Å². The normalized spacial score (nSPS) is 10.6. The molecule has 102 valence electrons. The second kappa shape index (κ2) is 5.55. The van der Waals surface area contributed by atoms with Crippen molar-refractivity contribution in [1.29, 1.82) is 0 Å². The van der Waals surface area contributed by atoms with Crippen LogP contribution in [-0.2, 0) is 0 Å². The molecule has 0 saturated carbocycles. The van der Waals surface area contributed by atoms with Gasteiger partial charge < -0.3 is 0 Å². The number of nitrogens with zero attached hydrogens (tertiary/aromatic N) is 2. The standard InChI is InChI=1S/C14H8F2N2O.CH2.Tl/c15-11-3-9(4-12(16)10(11)6-19)8-1-2-13-14(5-8)18-7-17-13;;/h1-7H,(H,17,18,19);1H2;/q;;+1/p-1. The van der Waals surface area contributed by atoms with Gasteiger partial charge in [-0.25, -0.2) is 0 Å². The predicted octanol–water partition coefficient (Wildman–Crippen LogP) is 2.69. The monoisotopic (exact) mass is 476 g/mol. The van der Waals surface area contributed by atoms with Gasteiger partial charge >= 0.3 is 131 Å². The molecule has 0 aliphatic rings. The molecular weight excluding hydrogens is 467 g/mol. The van der Waals surface area contributed by atoms with E-state index < -0.39 is 41.2 Å². The second-order valence-corrected chi connectivity index (χ2v) is 8.09. The van der Waals surface area contributed by atoms with Gasteiger partial charge in [0, 0.05) is 0 Å². The molecule has 3 rings (SSSR count). The molecular formula is C15H9F2N2OTl. The summed E-state index contributed by atoms with van der Waals surface area (Å²) in [6.45, 7) is 0. The average Bonchev–Trinajstić information content (AvgIpc) is 2.89. The molecule has 0 aliphatic heterocycles. The van der Waals surface area contributed by atoms with E-state index in [9.17, 15) is 13.6 Å². The van der Waals surface area contributed by atoms with Gasteiger partial charge in [-0.2, -0.15) is 0 Å². The third-order valence-corrected chi connectivity index (χ3v) is 6.43. The molecule has 2 aromatic carbocycles. The first kappa shape index (κ1) is 14.2. The Morgan fingerprint density at radius 1 is 1.14 bits per heavy atom. The van der Waals surface area contributed by atoms with Crippen LogP contribution in [0.3, 0.4) is 0 Å². The molecule has 3 aromatic rings. The summed E-state index contributed by atoms with van der Waals surface area (Å²) in [4.78, 5) is 14.9. The zero-order valence-electron chi connectivity index (χ0n) is 10.9. The number of hydrogen-bond acceptors (Lipinski definition) is 2. The number of benzene rings is 2. The summed E-state index contributed by atoms with van der Waals surface area (Å²) in [5.41, 5.74) is 2.30. The number of aldehydes is 1. The molecule has 0 radical (unpaired) electrons. The van der Waals surface area contributed by atoms with Gasteiger partial charge in [-0.3, -0.25) is 0 Å². The number of fused-ring (bicyclic) bond motifs is 1. The van der Waals surface area contributed by atoms with Crippen LogP contribution in [-0.4, -0.2) is 41.8 Å². The number of imidazole rings is 1. The molecule has 3 nitrogen and oxygen atoms in total. The van der Waals surface area contributed by atoms with Crippen LogP contribution in [0.4, 0.5) is 8.78 Å². The molecule has 0 spiro atoms. The van der Waals surface area contributed by atoms with E-state index in [4.69, 9.17) is 0 Å². The zero-order chi connectivity index (χ0) is 15.0. The fourth-order valence-electron chi connectivity index (χ4n) is 2.21. The summed E-state index contributed by atoms with van der Waals surface area (Å²) in [6, 6.07) is 7.75. The number of halogens is 2. The molecule has 6 heteroatoms. The first-order valence-corrected chi connectivity index (χ1v) is 11.4. The maximum atomic E-state index is 13.7. The van der Waals surface area contributed by atoms with Crippen LogP contribution in [0.1, 0.15) is 10.4 Å². The summed E-state index contributed by atoms with van der Waals surface area (Å²) >= 11 is -1.30. The van der Waals surface area contributed by atoms with Gasteiger partial charge in [0.1, 0.15) is 0 Å². The van der Waals surface area contributed by atoms with Crippen LogP contribution < -0.4 is 0 Å². The van der Waals surface area contributed by atoms with Crippen molar-refractivity contribution in [3.63, 3.8) is 0 Å². The fourth-order valence-corrected chi connectivity index (χ4v) is 4.41. The second-order valence-electron chi connectivity index (χ2n) is 4.51. The van der Waals surface area contributed by atoms with Gasteiger partial charge in [-0.15, -0.1) is 0 Å². The Hall–Kier alpha value is -1.77.